The number of hydrogen-bond acceptors (Lipinski definition) is 6. The van der Waals surface area contributed by atoms with E-state index in [0.717, 1.165) is 17.8 Å². The van der Waals surface area contributed by atoms with Gasteiger partial charge in [0.1, 0.15) is 0 Å². The zero-order chi connectivity index (χ0) is 22.2. The second kappa shape index (κ2) is 8.12. The topological polar surface area (TPSA) is 90.8 Å². The molecule has 162 valence electrons. The van der Waals surface area contributed by atoms with E-state index in [2.05, 4.69) is 15.5 Å². The normalized spacial score (nSPS) is 12.9. The molecule has 9 nitrogen and oxygen atoms in total. The molecule has 1 amide bonds. The lowest BCUT2D eigenvalue weighted by Gasteiger charge is -2.16. The standard InChI is InChI=1S/C22H21N7O2S/c1-15-20(21(31)29(26(15)2)17-9-4-3-5-10-17)28-22(23-24-25-28)32-14-19(30)27-13-12-16-8-6-7-11-18(16)27/h3-11H,12-14H2,1-2H3. The first kappa shape index (κ1) is 20.3. The molecular formula is C22H21N7O2S. The quantitative estimate of drug-likeness (QED) is 0.436. The van der Waals surface area contributed by atoms with Crippen LogP contribution in [-0.4, -0.2) is 47.8 Å². The molecule has 2 aromatic heterocycles. The minimum atomic E-state index is -0.231. The van der Waals surface area contributed by atoms with Gasteiger partial charge in [0.05, 0.1) is 17.1 Å². The maximum Gasteiger partial charge on any atom is 0.297 e. The van der Waals surface area contributed by atoms with Crippen molar-refractivity contribution in [3.63, 3.8) is 0 Å². The molecule has 0 bridgehead atoms. The minimum absolute atomic E-state index is 0.0130. The largest absolute Gasteiger partial charge is 0.311 e. The molecule has 0 saturated carbocycles. The maximum atomic E-state index is 13.3. The van der Waals surface area contributed by atoms with E-state index >= 15 is 0 Å². The number of para-hydroxylation sites is 2. The third-order valence-corrected chi connectivity index (χ3v) is 6.59. The van der Waals surface area contributed by atoms with Crippen LogP contribution in [0.3, 0.4) is 0 Å². The number of carbonyl (C=O) groups is 1. The van der Waals surface area contributed by atoms with Crippen molar-refractivity contribution in [1.29, 1.82) is 0 Å². The molecule has 1 aliphatic heterocycles. The Hall–Kier alpha value is -3.66. The van der Waals surface area contributed by atoms with E-state index < -0.39 is 0 Å². The second-order valence-electron chi connectivity index (χ2n) is 7.50. The highest BCUT2D eigenvalue weighted by Crippen LogP contribution is 2.29. The molecule has 0 spiro atoms. The van der Waals surface area contributed by atoms with Crippen molar-refractivity contribution in [3.8, 4) is 11.4 Å². The van der Waals surface area contributed by atoms with Gasteiger partial charge in [0.15, 0.2) is 5.69 Å². The van der Waals surface area contributed by atoms with Crippen molar-refractivity contribution in [2.45, 2.75) is 18.5 Å². The van der Waals surface area contributed by atoms with Gasteiger partial charge in [0.25, 0.3) is 5.56 Å². The van der Waals surface area contributed by atoms with Crippen LogP contribution in [0.5, 0.6) is 0 Å². The van der Waals surface area contributed by atoms with E-state index in [1.165, 1.54) is 22.0 Å². The molecule has 0 aliphatic carbocycles. The van der Waals surface area contributed by atoms with E-state index in [1.54, 1.807) is 14.3 Å². The lowest BCUT2D eigenvalue weighted by Crippen LogP contribution is -2.30. The summed E-state index contributed by atoms with van der Waals surface area (Å²) in [7, 11) is 1.82. The number of nitrogens with zero attached hydrogens (tertiary/aromatic N) is 7. The molecule has 32 heavy (non-hydrogen) atoms. The number of fused-ring (bicyclic) bond motifs is 1. The van der Waals surface area contributed by atoms with E-state index in [-0.39, 0.29) is 17.2 Å². The summed E-state index contributed by atoms with van der Waals surface area (Å²) in [5.74, 6) is 0.161. The summed E-state index contributed by atoms with van der Waals surface area (Å²) >= 11 is 1.22. The van der Waals surface area contributed by atoms with Gasteiger partial charge in [-0.15, -0.1) is 5.10 Å². The van der Waals surface area contributed by atoms with Crippen LogP contribution in [0, 0.1) is 6.92 Å². The summed E-state index contributed by atoms with van der Waals surface area (Å²) in [6.45, 7) is 2.52. The van der Waals surface area contributed by atoms with E-state index in [4.69, 9.17) is 0 Å². The van der Waals surface area contributed by atoms with Gasteiger partial charge in [-0.2, -0.15) is 4.68 Å². The summed E-state index contributed by atoms with van der Waals surface area (Å²) in [5, 5.41) is 12.3. The van der Waals surface area contributed by atoms with Crippen LogP contribution in [0.15, 0.2) is 64.5 Å². The van der Waals surface area contributed by atoms with Gasteiger partial charge in [-0.25, -0.2) is 4.68 Å². The van der Waals surface area contributed by atoms with Crippen LogP contribution >= 0.6 is 11.8 Å². The number of rotatable bonds is 5. The van der Waals surface area contributed by atoms with E-state index in [0.29, 0.717) is 23.1 Å². The summed E-state index contributed by atoms with van der Waals surface area (Å²) in [5.41, 5.74) is 3.74. The van der Waals surface area contributed by atoms with Crippen LogP contribution in [0.2, 0.25) is 0 Å². The smallest absolute Gasteiger partial charge is 0.297 e. The lowest BCUT2D eigenvalue weighted by molar-refractivity contribution is -0.116. The fourth-order valence-electron chi connectivity index (χ4n) is 4.01. The second-order valence-corrected chi connectivity index (χ2v) is 8.44. The third kappa shape index (κ3) is 3.32. The van der Waals surface area contributed by atoms with Gasteiger partial charge in [-0.05, 0) is 47.5 Å². The van der Waals surface area contributed by atoms with Gasteiger partial charge in [-0.1, -0.05) is 48.2 Å². The molecule has 0 saturated heterocycles. The van der Waals surface area contributed by atoms with Crippen molar-refractivity contribution < 1.29 is 4.79 Å². The fraction of sp³-hybridized carbons (Fsp3) is 0.227. The molecule has 0 N–H and O–H groups in total. The zero-order valence-corrected chi connectivity index (χ0v) is 18.5. The molecule has 0 radical (unpaired) electrons. The van der Waals surface area contributed by atoms with Gasteiger partial charge in [0, 0.05) is 19.3 Å². The maximum absolute atomic E-state index is 13.3. The zero-order valence-electron chi connectivity index (χ0n) is 17.7. The molecule has 10 heteroatoms. The number of thioether (sulfide) groups is 1. The van der Waals surface area contributed by atoms with Gasteiger partial charge >= 0.3 is 0 Å². The summed E-state index contributed by atoms with van der Waals surface area (Å²) < 4.78 is 4.77. The molecule has 1 aliphatic rings. The predicted molar refractivity (Wildman–Crippen MR) is 122 cm³/mol. The lowest BCUT2D eigenvalue weighted by atomic mass is 10.2. The molecule has 0 fully saturated rings. The Bertz CT molecular complexity index is 1360. The Kier molecular flexibility index (Phi) is 5.14. The molecule has 5 rings (SSSR count). The van der Waals surface area contributed by atoms with Crippen molar-refractivity contribution >= 4 is 23.4 Å². The van der Waals surface area contributed by atoms with Crippen LogP contribution in [0.1, 0.15) is 11.3 Å². The summed E-state index contributed by atoms with van der Waals surface area (Å²) in [4.78, 5) is 28.0. The average Bonchev–Trinajstić information content (AvgIpc) is 3.50. The molecule has 0 unspecified atom stereocenters. The van der Waals surface area contributed by atoms with Gasteiger partial charge < -0.3 is 4.90 Å². The summed E-state index contributed by atoms with van der Waals surface area (Å²) in [6, 6.07) is 17.3. The number of amides is 1. The molecule has 3 heterocycles. The van der Waals surface area contributed by atoms with Gasteiger partial charge in [-0.3, -0.25) is 14.3 Å². The minimum Gasteiger partial charge on any atom is -0.311 e. The number of anilines is 1. The summed E-state index contributed by atoms with van der Waals surface area (Å²) in [6.07, 6.45) is 0.854. The van der Waals surface area contributed by atoms with Crippen molar-refractivity contribution in [1.82, 2.24) is 29.6 Å². The first-order valence-electron chi connectivity index (χ1n) is 10.2. The number of benzene rings is 2. The fourth-order valence-corrected chi connectivity index (χ4v) is 4.76. The van der Waals surface area contributed by atoms with Crippen LogP contribution in [-0.2, 0) is 18.3 Å². The molecule has 2 aromatic carbocycles. The van der Waals surface area contributed by atoms with Crippen LogP contribution in [0.4, 0.5) is 5.69 Å². The van der Waals surface area contributed by atoms with Crippen molar-refractivity contribution in [3.05, 3.63) is 76.2 Å². The van der Waals surface area contributed by atoms with Crippen molar-refractivity contribution in [2.24, 2.45) is 7.05 Å². The third-order valence-electron chi connectivity index (χ3n) is 5.69. The number of carbonyl (C=O) groups excluding carboxylic acids is 1. The van der Waals surface area contributed by atoms with Crippen LogP contribution < -0.4 is 10.5 Å². The molecular weight excluding hydrogens is 426 g/mol. The predicted octanol–water partition coefficient (Wildman–Crippen LogP) is 2.14. The Morgan fingerprint density at radius 2 is 1.84 bits per heavy atom. The van der Waals surface area contributed by atoms with Crippen molar-refractivity contribution in [2.75, 3.05) is 17.2 Å². The Morgan fingerprint density at radius 1 is 1.09 bits per heavy atom. The SMILES string of the molecule is Cc1c(-n2nnnc2SCC(=O)N2CCc3ccccc32)c(=O)n(-c2ccccc2)n1C. The van der Waals surface area contributed by atoms with Crippen LogP contribution in [0.25, 0.3) is 11.4 Å². The molecule has 4 aromatic rings. The first-order valence-corrected chi connectivity index (χ1v) is 11.2. The highest BCUT2D eigenvalue weighted by Gasteiger charge is 2.26. The number of hydrogen-bond donors (Lipinski definition) is 0. The monoisotopic (exact) mass is 447 g/mol. The highest BCUT2D eigenvalue weighted by molar-refractivity contribution is 7.99. The average molecular weight is 448 g/mol. The van der Waals surface area contributed by atoms with Gasteiger partial charge in [0.2, 0.25) is 11.1 Å². The number of aromatic nitrogens is 6. The number of tetrazole rings is 1. The van der Waals surface area contributed by atoms with E-state index in [1.807, 2.05) is 68.6 Å². The van der Waals surface area contributed by atoms with E-state index in [9.17, 15) is 9.59 Å². The Labute approximate surface area is 188 Å². The highest BCUT2D eigenvalue weighted by atomic mass is 32.2. The Morgan fingerprint density at radius 3 is 2.66 bits per heavy atom. The first-order chi connectivity index (χ1) is 15.6. The molecule has 0 atom stereocenters. The Balaban J connectivity index is 1.42.